The third-order valence-electron chi connectivity index (χ3n) is 5.74. The summed E-state index contributed by atoms with van der Waals surface area (Å²) in [5.74, 6) is -1.45. The molecule has 2 aromatic carbocycles. The van der Waals surface area contributed by atoms with Gasteiger partial charge in [-0.1, -0.05) is 17.7 Å². The first-order chi connectivity index (χ1) is 14.3. The summed E-state index contributed by atoms with van der Waals surface area (Å²) in [7, 11) is 0. The summed E-state index contributed by atoms with van der Waals surface area (Å²) in [6, 6.07) is 13.1. The number of ketones is 1. The predicted molar refractivity (Wildman–Crippen MR) is 113 cm³/mol. The van der Waals surface area contributed by atoms with Crippen LogP contribution in [0.15, 0.2) is 60.2 Å². The van der Waals surface area contributed by atoms with E-state index in [0.717, 1.165) is 5.57 Å². The molecule has 0 unspecified atom stereocenters. The molecule has 2 aliphatic rings. The Labute approximate surface area is 174 Å². The lowest BCUT2D eigenvalue weighted by atomic mass is 9.82. The summed E-state index contributed by atoms with van der Waals surface area (Å²) < 4.78 is 0. The maximum atomic E-state index is 12.9. The maximum absolute atomic E-state index is 12.9. The lowest BCUT2D eigenvalue weighted by Gasteiger charge is -2.18. The zero-order chi connectivity index (χ0) is 21.4. The number of fused-ring (bicyclic) bond motifs is 1. The van der Waals surface area contributed by atoms with E-state index in [1.807, 2.05) is 13.0 Å². The number of allylic oxidation sites excluding steroid dienone is 2. The standard InChI is InChI=1S/C24H22N2O4/c1-14-6-11-20-21(12-14)24(30)26(23(20)29)19-5-3-4-17(13-19)22(28)25-18-9-7-16(8-10-18)15(2)27/h3-10,13,20-21H,11-12H2,1-2H3,(H,25,28)/t20-,21-/m0/s1. The number of hydrogen-bond acceptors (Lipinski definition) is 4. The van der Waals surface area contributed by atoms with Crippen LogP contribution in [0, 0.1) is 11.8 Å². The quantitative estimate of drug-likeness (QED) is 0.476. The Morgan fingerprint density at radius 1 is 0.967 bits per heavy atom. The molecule has 2 atom stereocenters. The molecule has 6 heteroatoms. The second-order valence-corrected chi connectivity index (χ2v) is 7.85. The number of amides is 3. The van der Waals surface area contributed by atoms with Gasteiger partial charge in [0.25, 0.3) is 5.91 Å². The van der Waals surface area contributed by atoms with Crippen molar-refractivity contribution in [3.05, 3.63) is 71.3 Å². The van der Waals surface area contributed by atoms with Crippen molar-refractivity contribution < 1.29 is 19.2 Å². The number of imide groups is 1. The first-order valence-electron chi connectivity index (χ1n) is 9.91. The highest BCUT2D eigenvalue weighted by Gasteiger charge is 2.48. The third kappa shape index (κ3) is 3.56. The minimum atomic E-state index is -0.360. The molecule has 1 N–H and O–H groups in total. The molecule has 1 fully saturated rings. The number of anilines is 2. The van der Waals surface area contributed by atoms with E-state index in [2.05, 4.69) is 5.32 Å². The Balaban J connectivity index is 1.54. The Morgan fingerprint density at radius 2 is 1.67 bits per heavy atom. The molecule has 6 nitrogen and oxygen atoms in total. The van der Waals surface area contributed by atoms with Gasteiger partial charge in [0, 0.05) is 16.8 Å². The Hall–Kier alpha value is -3.54. The van der Waals surface area contributed by atoms with Crippen molar-refractivity contribution in [1.29, 1.82) is 0 Å². The summed E-state index contributed by atoms with van der Waals surface area (Å²) in [5, 5.41) is 2.77. The second kappa shape index (κ2) is 7.71. The molecule has 0 bridgehead atoms. The molecule has 30 heavy (non-hydrogen) atoms. The van der Waals surface area contributed by atoms with Gasteiger partial charge in [0.1, 0.15) is 0 Å². The molecule has 1 heterocycles. The van der Waals surface area contributed by atoms with E-state index in [9.17, 15) is 19.2 Å². The van der Waals surface area contributed by atoms with Gasteiger partial charge in [0.05, 0.1) is 17.5 Å². The Kier molecular flexibility index (Phi) is 5.08. The van der Waals surface area contributed by atoms with E-state index >= 15 is 0 Å². The zero-order valence-electron chi connectivity index (χ0n) is 16.8. The third-order valence-corrected chi connectivity index (χ3v) is 5.74. The van der Waals surface area contributed by atoms with Crippen LogP contribution in [-0.4, -0.2) is 23.5 Å². The number of carbonyl (C=O) groups is 4. The fourth-order valence-electron chi connectivity index (χ4n) is 4.07. The van der Waals surface area contributed by atoms with Crippen LogP contribution in [-0.2, 0) is 9.59 Å². The summed E-state index contributed by atoms with van der Waals surface area (Å²) in [5.41, 5.74) is 3.00. The predicted octanol–water partition coefficient (Wildman–Crippen LogP) is 3.99. The van der Waals surface area contributed by atoms with Gasteiger partial charge < -0.3 is 5.32 Å². The lowest BCUT2D eigenvalue weighted by Crippen LogP contribution is -2.31. The van der Waals surface area contributed by atoms with Gasteiger partial charge in [-0.15, -0.1) is 0 Å². The van der Waals surface area contributed by atoms with Crippen molar-refractivity contribution in [3.63, 3.8) is 0 Å². The van der Waals surface area contributed by atoms with Crippen LogP contribution in [0.1, 0.15) is 47.4 Å². The normalized spacial score (nSPS) is 20.6. The van der Waals surface area contributed by atoms with Crippen LogP contribution in [0.25, 0.3) is 0 Å². The highest BCUT2D eigenvalue weighted by molar-refractivity contribution is 6.22. The summed E-state index contributed by atoms with van der Waals surface area (Å²) >= 11 is 0. The van der Waals surface area contributed by atoms with Crippen LogP contribution < -0.4 is 10.2 Å². The molecule has 0 radical (unpaired) electrons. The fourth-order valence-corrected chi connectivity index (χ4v) is 4.07. The monoisotopic (exact) mass is 402 g/mol. The average Bonchev–Trinajstić information content (AvgIpc) is 2.98. The highest BCUT2D eigenvalue weighted by atomic mass is 16.2. The summed E-state index contributed by atoms with van der Waals surface area (Å²) in [4.78, 5) is 51.1. The van der Waals surface area contributed by atoms with Crippen LogP contribution in [0.5, 0.6) is 0 Å². The largest absolute Gasteiger partial charge is 0.322 e. The summed E-state index contributed by atoms with van der Waals surface area (Å²) in [6.45, 7) is 3.46. The van der Waals surface area contributed by atoms with Crippen molar-refractivity contribution >= 4 is 34.9 Å². The number of hydrogen-bond donors (Lipinski definition) is 1. The molecule has 0 aromatic heterocycles. The van der Waals surface area contributed by atoms with Crippen molar-refractivity contribution in [3.8, 4) is 0 Å². The van der Waals surface area contributed by atoms with E-state index in [-0.39, 0.29) is 35.3 Å². The van der Waals surface area contributed by atoms with E-state index in [1.54, 1.807) is 48.5 Å². The molecule has 3 amide bonds. The molecule has 1 aliphatic carbocycles. The first kappa shape index (κ1) is 19.8. The van der Waals surface area contributed by atoms with Gasteiger partial charge >= 0.3 is 0 Å². The van der Waals surface area contributed by atoms with Crippen molar-refractivity contribution in [2.24, 2.45) is 11.8 Å². The van der Waals surface area contributed by atoms with Crippen LogP contribution in [0.2, 0.25) is 0 Å². The van der Waals surface area contributed by atoms with Gasteiger partial charge in [-0.2, -0.15) is 0 Å². The van der Waals surface area contributed by atoms with Gasteiger partial charge in [-0.3, -0.25) is 24.1 Å². The van der Waals surface area contributed by atoms with Crippen LogP contribution >= 0.6 is 0 Å². The average molecular weight is 402 g/mol. The first-order valence-corrected chi connectivity index (χ1v) is 9.91. The molecule has 4 rings (SSSR count). The molecule has 152 valence electrons. The van der Waals surface area contributed by atoms with Crippen LogP contribution in [0.4, 0.5) is 11.4 Å². The number of Topliss-reactive ketones (excluding diaryl/α,β-unsaturated/α-hetero) is 1. The Bertz CT molecular complexity index is 1080. The van der Waals surface area contributed by atoms with Crippen molar-refractivity contribution in [1.82, 2.24) is 0 Å². The zero-order valence-corrected chi connectivity index (χ0v) is 16.8. The van der Waals surface area contributed by atoms with Gasteiger partial charge in [0.15, 0.2) is 5.78 Å². The van der Waals surface area contributed by atoms with E-state index in [0.29, 0.717) is 35.3 Å². The summed E-state index contributed by atoms with van der Waals surface area (Å²) in [6.07, 6.45) is 3.20. The molecule has 1 saturated heterocycles. The molecular weight excluding hydrogens is 380 g/mol. The van der Waals surface area contributed by atoms with Gasteiger partial charge in [0.2, 0.25) is 11.8 Å². The molecular formula is C24H22N2O4. The topological polar surface area (TPSA) is 83.6 Å². The van der Waals surface area contributed by atoms with E-state index in [1.165, 1.54) is 11.8 Å². The Morgan fingerprint density at radius 3 is 2.37 bits per heavy atom. The van der Waals surface area contributed by atoms with Gasteiger partial charge in [-0.25, -0.2) is 0 Å². The second-order valence-electron chi connectivity index (χ2n) is 7.85. The molecule has 2 aromatic rings. The molecule has 1 aliphatic heterocycles. The van der Waals surface area contributed by atoms with E-state index in [4.69, 9.17) is 0 Å². The van der Waals surface area contributed by atoms with Crippen molar-refractivity contribution in [2.45, 2.75) is 26.7 Å². The molecule has 0 spiro atoms. The number of nitrogens with zero attached hydrogens (tertiary/aromatic N) is 1. The number of carbonyl (C=O) groups excluding carboxylic acids is 4. The smallest absolute Gasteiger partial charge is 0.255 e. The minimum absolute atomic E-state index is 0.0496. The van der Waals surface area contributed by atoms with Crippen LogP contribution in [0.3, 0.4) is 0 Å². The van der Waals surface area contributed by atoms with Crippen molar-refractivity contribution in [2.75, 3.05) is 10.2 Å². The van der Waals surface area contributed by atoms with E-state index < -0.39 is 0 Å². The fraction of sp³-hybridized carbons (Fsp3) is 0.250. The molecule has 0 saturated carbocycles. The number of rotatable bonds is 4. The number of benzene rings is 2. The lowest BCUT2D eigenvalue weighted by molar-refractivity contribution is -0.122. The SMILES string of the molecule is CC(=O)c1ccc(NC(=O)c2cccc(N3C(=O)[C@H]4CC=C(C)C[C@@H]4C3=O)c2)cc1. The number of nitrogens with one attached hydrogen (secondary N) is 1. The highest BCUT2D eigenvalue weighted by Crippen LogP contribution is 2.39. The maximum Gasteiger partial charge on any atom is 0.255 e. The minimum Gasteiger partial charge on any atom is -0.322 e. The van der Waals surface area contributed by atoms with Gasteiger partial charge in [-0.05, 0) is 69.2 Å².